The minimum absolute atomic E-state index is 0.0580. The second-order valence-electron chi connectivity index (χ2n) is 6.77. The van der Waals surface area contributed by atoms with Crippen LogP contribution in [0.15, 0.2) is 67.0 Å². The third-order valence-corrected chi connectivity index (χ3v) is 4.94. The number of nitrogens with two attached hydrogens (primary N) is 1. The number of nitrogens with zero attached hydrogens (tertiary/aromatic N) is 1. The van der Waals surface area contributed by atoms with Crippen molar-refractivity contribution in [3.05, 3.63) is 83.7 Å². The van der Waals surface area contributed by atoms with Gasteiger partial charge in [0, 0.05) is 25.1 Å². The van der Waals surface area contributed by atoms with Crippen molar-refractivity contribution in [3.63, 3.8) is 0 Å². The number of nitrogen functional groups attached to an aromatic ring is 1. The van der Waals surface area contributed by atoms with Crippen molar-refractivity contribution >= 4 is 11.8 Å². The van der Waals surface area contributed by atoms with Crippen LogP contribution in [0.1, 0.15) is 29.0 Å². The molecule has 1 heterocycles. The Hall–Kier alpha value is -3.78. The van der Waals surface area contributed by atoms with Crippen LogP contribution in [0.2, 0.25) is 0 Å². The number of carbonyl (C=O) groups is 1. The van der Waals surface area contributed by atoms with E-state index in [-0.39, 0.29) is 5.92 Å². The maximum atomic E-state index is 12.1. The Morgan fingerprint density at radius 3 is 2.45 bits per heavy atom. The molecule has 0 bridgehead atoms. The first-order chi connectivity index (χ1) is 14.2. The standard InChI is InChI=1S/C24H21N3O2/c25-23-15-26-14-12-17(23)7-5-6-13-27-24(28)29-16-22-20-10-3-1-8-18(20)19-9-2-4-11-21(19)22/h1-4,8-12,14-15,22H,6,13,16,25H2,(H,27,28). The van der Waals surface area contributed by atoms with Crippen molar-refractivity contribution in [2.24, 2.45) is 0 Å². The molecule has 1 aliphatic rings. The number of aromatic nitrogens is 1. The Bertz CT molecular complexity index is 1050. The monoisotopic (exact) mass is 383 g/mol. The molecule has 0 unspecified atom stereocenters. The molecule has 5 nitrogen and oxygen atoms in total. The van der Waals surface area contributed by atoms with Crippen LogP contribution in [-0.2, 0) is 4.74 Å². The molecule has 5 heteroatoms. The molecule has 1 aromatic heterocycles. The Kier molecular flexibility index (Phi) is 5.44. The van der Waals surface area contributed by atoms with Gasteiger partial charge in [0.1, 0.15) is 6.61 Å². The molecule has 144 valence electrons. The summed E-state index contributed by atoms with van der Waals surface area (Å²) in [6, 6.07) is 18.3. The van der Waals surface area contributed by atoms with Gasteiger partial charge in [-0.3, -0.25) is 4.98 Å². The molecular formula is C24H21N3O2. The summed E-state index contributed by atoms with van der Waals surface area (Å²) in [6.45, 7) is 0.716. The number of ether oxygens (including phenoxy) is 1. The molecule has 0 saturated heterocycles. The largest absolute Gasteiger partial charge is 0.449 e. The number of pyridine rings is 1. The van der Waals surface area contributed by atoms with Gasteiger partial charge in [-0.05, 0) is 28.3 Å². The highest BCUT2D eigenvalue weighted by Crippen LogP contribution is 2.44. The fourth-order valence-corrected chi connectivity index (χ4v) is 3.55. The minimum Gasteiger partial charge on any atom is -0.449 e. The molecule has 0 radical (unpaired) electrons. The third-order valence-electron chi connectivity index (χ3n) is 4.94. The molecule has 1 amide bonds. The summed E-state index contributed by atoms with van der Waals surface area (Å²) in [4.78, 5) is 16.0. The molecule has 0 fully saturated rings. The minimum atomic E-state index is -0.433. The Morgan fingerprint density at radius 2 is 1.76 bits per heavy atom. The molecule has 0 aliphatic heterocycles. The van der Waals surface area contributed by atoms with Gasteiger partial charge in [-0.2, -0.15) is 0 Å². The van der Waals surface area contributed by atoms with Gasteiger partial charge < -0.3 is 15.8 Å². The van der Waals surface area contributed by atoms with Crippen molar-refractivity contribution in [1.82, 2.24) is 10.3 Å². The van der Waals surface area contributed by atoms with E-state index >= 15 is 0 Å². The van der Waals surface area contributed by atoms with Crippen LogP contribution in [0.4, 0.5) is 10.5 Å². The molecule has 3 N–H and O–H groups in total. The average Bonchev–Trinajstić information content (AvgIpc) is 3.07. The molecule has 0 saturated carbocycles. The van der Waals surface area contributed by atoms with Gasteiger partial charge in [-0.25, -0.2) is 4.79 Å². The lowest BCUT2D eigenvalue weighted by atomic mass is 9.98. The van der Waals surface area contributed by atoms with E-state index in [4.69, 9.17) is 10.5 Å². The van der Waals surface area contributed by atoms with Gasteiger partial charge in [-0.15, -0.1) is 0 Å². The van der Waals surface area contributed by atoms with Crippen LogP contribution < -0.4 is 11.1 Å². The first-order valence-electron chi connectivity index (χ1n) is 9.51. The lowest BCUT2D eigenvalue weighted by molar-refractivity contribution is 0.143. The van der Waals surface area contributed by atoms with Crippen LogP contribution in [0, 0.1) is 11.8 Å². The quantitative estimate of drug-likeness (QED) is 0.528. The Labute approximate surface area is 169 Å². The van der Waals surface area contributed by atoms with Gasteiger partial charge in [-0.1, -0.05) is 60.4 Å². The summed E-state index contributed by atoms with van der Waals surface area (Å²) in [6.07, 6.45) is 3.29. The van der Waals surface area contributed by atoms with E-state index in [1.807, 2.05) is 24.3 Å². The van der Waals surface area contributed by atoms with Crippen LogP contribution in [0.3, 0.4) is 0 Å². The Morgan fingerprint density at radius 1 is 1.07 bits per heavy atom. The normalized spacial score (nSPS) is 11.7. The fraction of sp³-hybridized carbons (Fsp3) is 0.167. The first kappa shape index (κ1) is 18.6. The smallest absolute Gasteiger partial charge is 0.407 e. The van der Waals surface area contributed by atoms with Gasteiger partial charge in [0.15, 0.2) is 0 Å². The predicted octanol–water partition coefficient (Wildman–Crippen LogP) is 3.94. The fourth-order valence-electron chi connectivity index (χ4n) is 3.55. The van der Waals surface area contributed by atoms with E-state index in [1.165, 1.54) is 22.3 Å². The number of hydrogen-bond donors (Lipinski definition) is 2. The molecule has 4 rings (SSSR count). The molecule has 2 aromatic carbocycles. The highest BCUT2D eigenvalue weighted by atomic mass is 16.5. The van der Waals surface area contributed by atoms with E-state index in [2.05, 4.69) is 46.4 Å². The zero-order valence-electron chi connectivity index (χ0n) is 15.9. The predicted molar refractivity (Wildman–Crippen MR) is 113 cm³/mol. The molecule has 3 aromatic rings. The average molecular weight is 383 g/mol. The number of carbonyl (C=O) groups excluding carboxylic acids is 1. The first-order valence-corrected chi connectivity index (χ1v) is 9.51. The van der Waals surface area contributed by atoms with Gasteiger partial charge >= 0.3 is 6.09 Å². The zero-order chi connectivity index (χ0) is 20.1. The molecular weight excluding hydrogens is 362 g/mol. The summed E-state index contributed by atoms with van der Waals surface area (Å²) in [5.41, 5.74) is 11.9. The SMILES string of the molecule is Nc1cnccc1C#CCCNC(=O)OCC1c2ccccc2-c2ccccc21. The van der Waals surface area contributed by atoms with Crippen molar-refractivity contribution in [2.45, 2.75) is 12.3 Å². The second kappa shape index (κ2) is 8.49. The van der Waals surface area contributed by atoms with Crippen LogP contribution in [0.5, 0.6) is 0 Å². The van der Waals surface area contributed by atoms with E-state index in [0.717, 1.165) is 5.56 Å². The highest BCUT2D eigenvalue weighted by Gasteiger charge is 2.28. The van der Waals surface area contributed by atoms with E-state index < -0.39 is 6.09 Å². The van der Waals surface area contributed by atoms with Crippen molar-refractivity contribution in [1.29, 1.82) is 0 Å². The third kappa shape index (κ3) is 4.07. The van der Waals surface area contributed by atoms with E-state index in [9.17, 15) is 4.79 Å². The number of rotatable bonds is 4. The lowest BCUT2D eigenvalue weighted by Gasteiger charge is -2.14. The molecule has 0 spiro atoms. The van der Waals surface area contributed by atoms with Gasteiger partial charge in [0.05, 0.1) is 17.4 Å². The zero-order valence-corrected chi connectivity index (χ0v) is 15.9. The van der Waals surface area contributed by atoms with Crippen molar-refractivity contribution < 1.29 is 9.53 Å². The van der Waals surface area contributed by atoms with Gasteiger partial charge in [0.25, 0.3) is 0 Å². The summed E-state index contributed by atoms with van der Waals surface area (Å²) < 4.78 is 5.50. The van der Waals surface area contributed by atoms with Crippen LogP contribution in [-0.4, -0.2) is 24.2 Å². The summed E-state index contributed by atoms with van der Waals surface area (Å²) >= 11 is 0. The number of fused-ring (bicyclic) bond motifs is 3. The maximum absolute atomic E-state index is 12.1. The number of alkyl carbamates (subject to hydrolysis) is 1. The van der Waals surface area contributed by atoms with Crippen LogP contribution >= 0.6 is 0 Å². The highest BCUT2D eigenvalue weighted by molar-refractivity contribution is 5.79. The number of amides is 1. The number of hydrogen-bond acceptors (Lipinski definition) is 4. The second-order valence-corrected chi connectivity index (χ2v) is 6.77. The number of anilines is 1. The van der Waals surface area contributed by atoms with Crippen LogP contribution in [0.25, 0.3) is 11.1 Å². The van der Waals surface area contributed by atoms with Crippen molar-refractivity contribution in [2.75, 3.05) is 18.9 Å². The topological polar surface area (TPSA) is 77.2 Å². The summed E-state index contributed by atoms with van der Waals surface area (Å²) in [5.74, 6) is 6.03. The van der Waals surface area contributed by atoms with Crippen molar-refractivity contribution in [3.8, 4) is 23.0 Å². The lowest BCUT2D eigenvalue weighted by Crippen LogP contribution is -2.26. The van der Waals surface area contributed by atoms with E-state index in [1.54, 1.807) is 18.5 Å². The van der Waals surface area contributed by atoms with Gasteiger partial charge in [0.2, 0.25) is 0 Å². The maximum Gasteiger partial charge on any atom is 0.407 e. The summed E-state index contributed by atoms with van der Waals surface area (Å²) in [7, 11) is 0. The molecule has 29 heavy (non-hydrogen) atoms. The number of benzene rings is 2. The van der Waals surface area contributed by atoms with E-state index in [0.29, 0.717) is 25.3 Å². The molecule has 0 atom stereocenters. The Balaban J connectivity index is 1.30. The number of nitrogens with one attached hydrogen (secondary N) is 1. The molecule has 1 aliphatic carbocycles. The summed E-state index contributed by atoms with van der Waals surface area (Å²) in [5, 5.41) is 2.75.